The second kappa shape index (κ2) is 22.6. The first-order valence-corrected chi connectivity index (χ1v) is 17.7. The molecule has 38 heavy (non-hydrogen) atoms. The number of unbranched alkanes of at least 4 members (excludes halogenated alkanes) is 13. The third-order valence-corrected chi connectivity index (χ3v) is 8.16. The van der Waals surface area contributed by atoms with Crippen molar-refractivity contribution in [2.24, 2.45) is 0 Å². The SMILES string of the molecule is CCCCCCCCCCCCCCCC(=O)CCCCOP(=O)(O)OCCCOP(=O)(O)OC(C)(C)C. The van der Waals surface area contributed by atoms with Crippen LogP contribution in [0.4, 0.5) is 0 Å². The largest absolute Gasteiger partial charge is 0.472 e. The van der Waals surface area contributed by atoms with Crippen molar-refractivity contribution in [1.29, 1.82) is 0 Å². The summed E-state index contributed by atoms with van der Waals surface area (Å²) in [6.07, 6.45) is 18.9. The average Bonchev–Trinajstić information content (AvgIpc) is 2.80. The van der Waals surface area contributed by atoms with Gasteiger partial charge in [-0.3, -0.25) is 22.9 Å². The van der Waals surface area contributed by atoms with E-state index in [1.807, 2.05) is 0 Å². The van der Waals surface area contributed by atoms with Crippen LogP contribution < -0.4 is 0 Å². The molecule has 0 rings (SSSR count). The maximum atomic E-state index is 12.0. The summed E-state index contributed by atoms with van der Waals surface area (Å²) in [5.41, 5.74) is -0.841. The molecule has 0 aromatic carbocycles. The van der Waals surface area contributed by atoms with Gasteiger partial charge in [0.25, 0.3) is 0 Å². The Morgan fingerprint density at radius 2 is 0.947 bits per heavy atom. The van der Waals surface area contributed by atoms with Gasteiger partial charge in [0.1, 0.15) is 5.78 Å². The predicted octanol–water partition coefficient (Wildman–Crippen LogP) is 8.66. The van der Waals surface area contributed by atoms with Crippen LogP contribution in [0.1, 0.15) is 143 Å². The van der Waals surface area contributed by atoms with Crippen LogP contribution in [0.25, 0.3) is 0 Å². The average molecular weight is 587 g/mol. The lowest BCUT2D eigenvalue weighted by molar-refractivity contribution is -0.119. The van der Waals surface area contributed by atoms with E-state index >= 15 is 0 Å². The normalized spacial score (nSPS) is 15.3. The van der Waals surface area contributed by atoms with E-state index in [9.17, 15) is 23.7 Å². The van der Waals surface area contributed by atoms with Crippen LogP contribution in [-0.4, -0.2) is 41.0 Å². The zero-order valence-corrected chi connectivity index (χ0v) is 26.3. The fourth-order valence-corrected chi connectivity index (χ4v) is 5.80. The molecule has 0 aliphatic carbocycles. The van der Waals surface area contributed by atoms with E-state index in [4.69, 9.17) is 18.1 Å². The molecule has 0 heterocycles. The number of hydrogen-bond acceptors (Lipinski definition) is 7. The van der Waals surface area contributed by atoms with Crippen LogP contribution in [0.15, 0.2) is 0 Å². The second-order valence-electron chi connectivity index (χ2n) is 11.0. The third-order valence-electron chi connectivity index (χ3n) is 5.85. The monoisotopic (exact) mass is 586 g/mol. The van der Waals surface area contributed by atoms with Gasteiger partial charge >= 0.3 is 15.6 Å². The minimum atomic E-state index is -4.22. The number of carbonyl (C=O) groups excluding carboxylic acids is 1. The van der Waals surface area contributed by atoms with Crippen molar-refractivity contribution in [2.45, 2.75) is 149 Å². The van der Waals surface area contributed by atoms with Crippen molar-refractivity contribution in [1.82, 2.24) is 0 Å². The zero-order valence-electron chi connectivity index (χ0n) is 24.5. The van der Waals surface area contributed by atoms with Crippen molar-refractivity contribution >= 4 is 21.4 Å². The Balaban J connectivity index is 3.58. The molecule has 0 radical (unpaired) electrons. The molecule has 0 spiro atoms. The van der Waals surface area contributed by atoms with Crippen LogP contribution in [0, 0.1) is 0 Å². The Morgan fingerprint density at radius 3 is 1.39 bits per heavy atom. The summed E-state index contributed by atoms with van der Waals surface area (Å²) < 4.78 is 43.1. The topological polar surface area (TPSA) is 129 Å². The first kappa shape index (κ1) is 37.9. The first-order valence-electron chi connectivity index (χ1n) is 14.7. The van der Waals surface area contributed by atoms with Gasteiger partial charge in [-0.15, -0.1) is 0 Å². The number of phosphoric acid groups is 2. The van der Waals surface area contributed by atoms with Gasteiger partial charge in [0.15, 0.2) is 0 Å². The van der Waals surface area contributed by atoms with Crippen molar-refractivity contribution in [2.75, 3.05) is 19.8 Å². The highest BCUT2D eigenvalue weighted by Crippen LogP contribution is 2.47. The van der Waals surface area contributed by atoms with Gasteiger partial charge in [-0.25, -0.2) is 9.13 Å². The highest BCUT2D eigenvalue weighted by Gasteiger charge is 2.28. The van der Waals surface area contributed by atoms with Gasteiger partial charge in [-0.05, 0) is 46.5 Å². The summed E-state index contributed by atoms with van der Waals surface area (Å²) in [6.45, 7) is 6.78. The number of phosphoric ester groups is 2. The molecule has 2 unspecified atom stereocenters. The minimum Gasteiger partial charge on any atom is -0.302 e. The summed E-state index contributed by atoms with van der Waals surface area (Å²) >= 11 is 0. The molecule has 0 bridgehead atoms. The predicted molar refractivity (Wildman–Crippen MR) is 152 cm³/mol. The minimum absolute atomic E-state index is 0.0154. The third kappa shape index (κ3) is 27.5. The molecule has 228 valence electrons. The number of rotatable bonds is 27. The Labute approximate surface area is 232 Å². The van der Waals surface area contributed by atoms with E-state index in [0.717, 1.165) is 12.8 Å². The van der Waals surface area contributed by atoms with Crippen LogP contribution >= 0.6 is 15.6 Å². The summed E-state index contributed by atoms with van der Waals surface area (Å²) in [4.78, 5) is 31.3. The molecular formula is C27H56O9P2. The molecule has 0 aromatic rings. The first-order chi connectivity index (χ1) is 17.9. The molecule has 0 fully saturated rings. The van der Waals surface area contributed by atoms with Gasteiger partial charge < -0.3 is 9.79 Å². The molecule has 0 saturated heterocycles. The van der Waals surface area contributed by atoms with Gasteiger partial charge in [0, 0.05) is 12.8 Å². The molecular weight excluding hydrogens is 530 g/mol. The van der Waals surface area contributed by atoms with E-state index in [-0.39, 0.29) is 32.0 Å². The Kier molecular flexibility index (Phi) is 22.5. The Hall–Kier alpha value is -0.110. The number of ketones is 1. The number of hydrogen-bond donors (Lipinski definition) is 2. The van der Waals surface area contributed by atoms with E-state index in [1.54, 1.807) is 20.8 Å². The molecule has 9 nitrogen and oxygen atoms in total. The molecule has 2 N–H and O–H groups in total. The van der Waals surface area contributed by atoms with Crippen molar-refractivity contribution in [3.63, 3.8) is 0 Å². The van der Waals surface area contributed by atoms with Gasteiger partial charge in [-0.2, -0.15) is 0 Å². The van der Waals surface area contributed by atoms with E-state index in [0.29, 0.717) is 25.7 Å². The lowest BCUT2D eigenvalue weighted by Gasteiger charge is -2.22. The van der Waals surface area contributed by atoms with Crippen LogP contribution in [0.5, 0.6) is 0 Å². The van der Waals surface area contributed by atoms with Crippen molar-refractivity contribution in [3.8, 4) is 0 Å². The Morgan fingerprint density at radius 1 is 0.579 bits per heavy atom. The highest BCUT2D eigenvalue weighted by molar-refractivity contribution is 7.47. The number of carbonyl (C=O) groups is 1. The van der Waals surface area contributed by atoms with Gasteiger partial charge in [-0.1, -0.05) is 84.0 Å². The molecule has 0 aliphatic rings. The molecule has 0 amide bonds. The van der Waals surface area contributed by atoms with Crippen LogP contribution in [0.2, 0.25) is 0 Å². The van der Waals surface area contributed by atoms with E-state index in [1.165, 1.54) is 70.6 Å². The maximum Gasteiger partial charge on any atom is 0.472 e. The quantitative estimate of drug-likeness (QED) is 0.0717. The Bertz CT molecular complexity index is 680. The van der Waals surface area contributed by atoms with Crippen molar-refractivity contribution in [3.05, 3.63) is 0 Å². The van der Waals surface area contributed by atoms with Crippen molar-refractivity contribution < 1.29 is 41.8 Å². The standard InChI is InChI=1S/C27H56O9P2/c1-5-6-7-8-9-10-11-12-13-14-15-16-17-21-26(28)22-18-19-23-33-37(29,30)34-24-20-25-35-38(31,32)36-27(2,3)4/h5-25H2,1-4H3,(H,29,30)(H,31,32). The van der Waals surface area contributed by atoms with E-state index < -0.39 is 21.2 Å². The lowest BCUT2D eigenvalue weighted by Crippen LogP contribution is -2.18. The summed E-state index contributed by atoms with van der Waals surface area (Å²) in [5, 5.41) is 0. The van der Waals surface area contributed by atoms with Crippen LogP contribution in [0.3, 0.4) is 0 Å². The molecule has 0 aliphatic heterocycles. The molecule has 2 atom stereocenters. The molecule has 0 aromatic heterocycles. The lowest BCUT2D eigenvalue weighted by atomic mass is 10.0. The van der Waals surface area contributed by atoms with Gasteiger partial charge in [0.05, 0.1) is 25.4 Å². The molecule has 11 heteroatoms. The van der Waals surface area contributed by atoms with Gasteiger partial charge in [0.2, 0.25) is 0 Å². The fourth-order valence-electron chi connectivity index (χ4n) is 3.90. The molecule has 0 saturated carbocycles. The summed E-state index contributed by atoms with van der Waals surface area (Å²) in [7, 11) is -8.41. The maximum absolute atomic E-state index is 12.0. The second-order valence-corrected chi connectivity index (χ2v) is 13.8. The highest BCUT2D eigenvalue weighted by atomic mass is 31.2. The number of Topliss-reactive ketones (excluding diaryl/α,β-unsaturated/α-hetero) is 1. The van der Waals surface area contributed by atoms with Crippen LogP contribution in [-0.2, 0) is 32.0 Å². The summed E-state index contributed by atoms with van der Waals surface area (Å²) in [6, 6.07) is 0. The summed E-state index contributed by atoms with van der Waals surface area (Å²) in [5.74, 6) is 0.230. The van der Waals surface area contributed by atoms with E-state index in [2.05, 4.69) is 6.92 Å². The zero-order chi connectivity index (χ0) is 28.8. The smallest absolute Gasteiger partial charge is 0.302 e. The fraction of sp³-hybridized carbons (Fsp3) is 0.963.